The van der Waals surface area contributed by atoms with Gasteiger partial charge in [-0.15, -0.1) is 0 Å². The SMILES string of the molecule is CC/C=C\C/C=C\C/C=C\CCCCCCCCCC(=O)OCC(O)COP(=O)(O)OCC(O)COP(=O)(O)OCC(COC(=O)CCCCCCCCCCCCCCCCC)OC(=O)CCCCCCC/C=C\CCCCCC. The maximum atomic E-state index is 12.9. The number of rotatable bonds is 61. The summed E-state index contributed by atoms with van der Waals surface area (Å²) in [5, 5.41) is 20.5. The van der Waals surface area contributed by atoms with Crippen LogP contribution in [0.3, 0.4) is 0 Å². The van der Waals surface area contributed by atoms with E-state index < -0.39 is 91.5 Å². The van der Waals surface area contributed by atoms with Crippen molar-refractivity contribution in [1.29, 1.82) is 0 Å². The van der Waals surface area contributed by atoms with E-state index in [4.69, 9.17) is 32.3 Å². The van der Waals surface area contributed by atoms with Crippen LogP contribution in [0.2, 0.25) is 0 Å². The van der Waals surface area contributed by atoms with Gasteiger partial charge < -0.3 is 34.2 Å². The predicted molar refractivity (Wildman–Crippen MR) is 326 cm³/mol. The maximum Gasteiger partial charge on any atom is 0.472 e. The molecule has 0 aromatic carbocycles. The van der Waals surface area contributed by atoms with E-state index in [2.05, 4.69) is 69.4 Å². The van der Waals surface area contributed by atoms with Crippen molar-refractivity contribution < 1.29 is 75.8 Å². The highest BCUT2D eigenvalue weighted by atomic mass is 31.2. The first-order valence-corrected chi connectivity index (χ1v) is 34.9. The van der Waals surface area contributed by atoms with Crippen LogP contribution >= 0.6 is 15.6 Å². The number of phosphoric ester groups is 2. The van der Waals surface area contributed by atoms with Gasteiger partial charge in [0.15, 0.2) is 6.10 Å². The van der Waals surface area contributed by atoms with E-state index in [1.807, 2.05) is 0 Å². The summed E-state index contributed by atoms with van der Waals surface area (Å²) in [5.41, 5.74) is 0. The zero-order valence-electron chi connectivity index (χ0n) is 51.0. The quantitative estimate of drug-likeness (QED) is 0.0146. The van der Waals surface area contributed by atoms with E-state index in [9.17, 15) is 43.5 Å². The van der Waals surface area contributed by atoms with Crippen LogP contribution < -0.4 is 0 Å². The fraction of sp³-hybridized carbons (Fsp3) is 0.825. The van der Waals surface area contributed by atoms with Gasteiger partial charge >= 0.3 is 33.6 Å². The van der Waals surface area contributed by atoms with Crippen LogP contribution in [0.5, 0.6) is 0 Å². The lowest BCUT2D eigenvalue weighted by Crippen LogP contribution is -2.30. The molecule has 4 N–H and O–H groups in total. The first-order valence-electron chi connectivity index (χ1n) is 31.9. The number of phosphoric acid groups is 2. The van der Waals surface area contributed by atoms with Gasteiger partial charge in [-0.25, -0.2) is 9.13 Å². The number of aliphatic hydroxyl groups is 2. The van der Waals surface area contributed by atoms with Gasteiger partial charge in [0.05, 0.1) is 26.4 Å². The summed E-state index contributed by atoms with van der Waals surface area (Å²) in [4.78, 5) is 58.2. The van der Waals surface area contributed by atoms with Crippen molar-refractivity contribution in [2.45, 2.75) is 296 Å². The third-order valence-electron chi connectivity index (χ3n) is 13.5. The largest absolute Gasteiger partial charge is 0.472 e. The molecule has 474 valence electrons. The number of carbonyl (C=O) groups excluding carboxylic acids is 3. The Bertz CT molecular complexity index is 1690. The Morgan fingerprint density at radius 2 is 0.654 bits per heavy atom. The zero-order valence-corrected chi connectivity index (χ0v) is 52.7. The van der Waals surface area contributed by atoms with Crippen molar-refractivity contribution in [1.82, 2.24) is 0 Å². The molecule has 0 aliphatic rings. The van der Waals surface area contributed by atoms with Crippen LogP contribution in [0.4, 0.5) is 0 Å². The molecule has 0 aromatic rings. The van der Waals surface area contributed by atoms with Crippen molar-refractivity contribution in [3.8, 4) is 0 Å². The minimum absolute atomic E-state index is 0.0995. The summed E-state index contributed by atoms with van der Waals surface area (Å²) in [6.07, 6.45) is 54.5. The summed E-state index contributed by atoms with van der Waals surface area (Å²) in [7, 11) is -9.75. The molecular weight excluding hydrogens is 1070 g/mol. The number of hydrogen-bond donors (Lipinski definition) is 4. The molecule has 0 heterocycles. The van der Waals surface area contributed by atoms with E-state index in [0.29, 0.717) is 19.3 Å². The highest BCUT2D eigenvalue weighted by Gasteiger charge is 2.29. The van der Waals surface area contributed by atoms with Gasteiger partial charge in [-0.3, -0.25) is 32.5 Å². The lowest BCUT2D eigenvalue weighted by Gasteiger charge is -2.21. The average Bonchev–Trinajstić information content (AvgIpc) is 3.44. The van der Waals surface area contributed by atoms with Crippen LogP contribution in [-0.2, 0) is 55.8 Å². The molecule has 18 heteroatoms. The molecule has 0 fully saturated rings. The second kappa shape index (κ2) is 57.9. The third kappa shape index (κ3) is 59.1. The molecule has 0 bridgehead atoms. The number of aliphatic hydroxyl groups excluding tert-OH is 2. The molecule has 5 unspecified atom stereocenters. The Kier molecular flexibility index (Phi) is 56.1. The molecule has 0 aliphatic carbocycles. The zero-order chi connectivity index (χ0) is 59.6. The average molecular weight is 1190 g/mol. The van der Waals surface area contributed by atoms with E-state index >= 15 is 0 Å². The third-order valence-corrected chi connectivity index (χ3v) is 15.4. The maximum absolute atomic E-state index is 12.9. The fourth-order valence-electron chi connectivity index (χ4n) is 8.64. The minimum atomic E-state index is -4.91. The fourth-order valence-corrected chi connectivity index (χ4v) is 10.2. The van der Waals surface area contributed by atoms with E-state index in [-0.39, 0.29) is 19.3 Å². The molecule has 0 saturated carbocycles. The number of unbranched alkanes of at least 4 members (excludes halogenated alkanes) is 30. The molecule has 0 aromatic heterocycles. The van der Waals surface area contributed by atoms with E-state index in [0.717, 1.165) is 122 Å². The molecule has 0 spiro atoms. The smallest absolute Gasteiger partial charge is 0.463 e. The second-order valence-corrected chi connectivity index (χ2v) is 24.4. The first-order chi connectivity index (χ1) is 39.2. The molecule has 81 heavy (non-hydrogen) atoms. The van der Waals surface area contributed by atoms with Crippen LogP contribution in [0.15, 0.2) is 48.6 Å². The van der Waals surface area contributed by atoms with Crippen molar-refractivity contribution in [3.63, 3.8) is 0 Å². The number of esters is 3. The van der Waals surface area contributed by atoms with Gasteiger partial charge in [0.1, 0.15) is 25.4 Å². The van der Waals surface area contributed by atoms with Crippen molar-refractivity contribution in [2.24, 2.45) is 0 Å². The molecule has 5 atom stereocenters. The summed E-state index contributed by atoms with van der Waals surface area (Å²) in [6, 6.07) is 0. The number of carbonyl (C=O) groups is 3. The summed E-state index contributed by atoms with van der Waals surface area (Å²) in [5.74, 6) is -1.58. The van der Waals surface area contributed by atoms with Gasteiger partial charge in [-0.1, -0.05) is 230 Å². The minimum Gasteiger partial charge on any atom is -0.463 e. The van der Waals surface area contributed by atoms with Crippen molar-refractivity contribution in [3.05, 3.63) is 48.6 Å². The van der Waals surface area contributed by atoms with Gasteiger partial charge in [0.2, 0.25) is 0 Å². The van der Waals surface area contributed by atoms with E-state index in [1.54, 1.807) is 0 Å². The standard InChI is InChI=1S/C63H116O16P2/c1-4-7-10-13-16-19-22-25-27-28-30-33-34-37-40-43-46-49-61(66)73-52-58(64)53-75-80(69,70)76-54-59(65)55-77-81(71,72)78-57-60(79-63(68)51-48-45-42-39-36-31-24-21-18-15-12-9-6-3)56-74-62(67)50-47-44-41-38-35-32-29-26-23-20-17-14-11-8-5-2/h7,10,16,19,21,24-25,27,58-60,64-65H,4-6,8-9,11-15,17-18,20,22-23,26,28-57H2,1-3H3,(H,69,70)(H,71,72)/b10-7-,19-16-,24-21-,27-25-. The Hall–Kier alpha value is -2.49. The summed E-state index contributed by atoms with van der Waals surface area (Å²) in [6.45, 7) is 2.54. The van der Waals surface area contributed by atoms with Crippen LogP contribution in [0.1, 0.15) is 278 Å². The number of hydrogen-bond acceptors (Lipinski definition) is 14. The van der Waals surface area contributed by atoms with Gasteiger partial charge in [0.25, 0.3) is 0 Å². The van der Waals surface area contributed by atoms with Crippen LogP contribution in [0.25, 0.3) is 0 Å². The predicted octanol–water partition coefficient (Wildman–Crippen LogP) is 16.9. The molecular formula is C63H116O16P2. The first kappa shape index (κ1) is 78.5. The normalized spacial score (nSPS) is 14.7. The van der Waals surface area contributed by atoms with Crippen molar-refractivity contribution >= 4 is 33.6 Å². The highest BCUT2D eigenvalue weighted by Crippen LogP contribution is 2.45. The molecule has 0 aliphatic heterocycles. The van der Waals surface area contributed by atoms with Gasteiger partial charge in [-0.05, 0) is 77.0 Å². The topological polar surface area (TPSA) is 231 Å². The Labute approximate surface area is 491 Å². The Morgan fingerprint density at radius 1 is 0.358 bits per heavy atom. The molecule has 0 rings (SSSR count). The number of ether oxygens (including phenoxy) is 3. The molecule has 0 amide bonds. The van der Waals surface area contributed by atoms with Gasteiger partial charge in [0, 0.05) is 19.3 Å². The summed E-state index contributed by atoms with van der Waals surface area (Å²) >= 11 is 0. The molecule has 16 nitrogen and oxygen atoms in total. The summed E-state index contributed by atoms with van der Waals surface area (Å²) < 4.78 is 60.7. The Morgan fingerprint density at radius 3 is 1.06 bits per heavy atom. The molecule has 0 radical (unpaired) electrons. The Balaban J connectivity index is 4.64. The van der Waals surface area contributed by atoms with Crippen LogP contribution in [-0.4, -0.2) is 95.9 Å². The lowest BCUT2D eigenvalue weighted by atomic mass is 10.0. The monoisotopic (exact) mass is 1190 g/mol. The molecule has 0 saturated heterocycles. The van der Waals surface area contributed by atoms with E-state index in [1.165, 1.54) is 96.3 Å². The highest BCUT2D eigenvalue weighted by molar-refractivity contribution is 7.47. The van der Waals surface area contributed by atoms with Gasteiger partial charge in [-0.2, -0.15) is 0 Å². The van der Waals surface area contributed by atoms with Crippen molar-refractivity contribution in [2.75, 3.05) is 39.6 Å². The van der Waals surface area contributed by atoms with Crippen LogP contribution in [0, 0.1) is 0 Å². The second-order valence-electron chi connectivity index (χ2n) is 21.5. The lowest BCUT2D eigenvalue weighted by molar-refractivity contribution is -0.161. The number of allylic oxidation sites excluding steroid dienone is 8.